The average molecular weight is 282 g/mol. The van der Waals surface area contributed by atoms with Crippen LogP contribution in [0.15, 0.2) is 24.3 Å². The molecule has 0 heterocycles. The van der Waals surface area contributed by atoms with E-state index in [-0.39, 0.29) is 0 Å². The van der Waals surface area contributed by atoms with Gasteiger partial charge in [0.1, 0.15) is 17.3 Å². The topological polar surface area (TPSA) is 47.7 Å². The molecule has 0 aliphatic heterocycles. The summed E-state index contributed by atoms with van der Waals surface area (Å²) in [6, 6.07) is 7.58. The summed E-state index contributed by atoms with van der Waals surface area (Å²) in [5.74, 6) is 0.748. The smallest absolute Gasteiger partial charge is 0.129 e. The number of hydrogen-bond acceptors (Lipinski definition) is 4. The van der Waals surface area contributed by atoms with E-state index in [1.165, 1.54) is 0 Å². The first-order valence-electron chi connectivity index (χ1n) is 6.42. The molecule has 19 heavy (non-hydrogen) atoms. The van der Waals surface area contributed by atoms with Gasteiger partial charge in [-0.2, -0.15) is 0 Å². The highest BCUT2D eigenvalue weighted by Gasteiger charge is 2.06. The first-order chi connectivity index (χ1) is 9.19. The van der Waals surface area contributed by atoms with E-state index in [1.807, 2.05) is 24.3 Å². The summed E-state index contributed by atoms with van der Waals surface area (Å²) in [5, 5.41) is 0. The number of hydrogen-bond donors (Lipinski definition) is 1. The fraction of sp³-hybridized carbons (Fsp3) is 0.500. The average Bonchev–Trinajstić information content (AvgIpc) is 2.43. The molecule has 5 heteroatoms. The van der Waals surface area contributed by atoms with E-state index in [0.717, 1.165) is 37.6 Å². The van der Waals surface area contributed by atoms with Crippen molar-refractivity contribution in [1.82, 2.24) is 4.90 Å². The van der Waals surface area contributed by atoms with Gasteiger partial charge >= 0.3 is 0 Å². The molecule has 0 fully saturated rings. The van der Waals surface area contributed by atoms with Crippen molar-refractivity contribution in [2.75, 3.05) is 40.0 Å². The van der Waals surface area contributed by atoms with Crippen LogP contribution in [0.5, 0.6) is 5.75 Å². The Morgan fingerprint density at radius 2 is 1.95 bits per heavy atom. The van der Waals surface area contributed by atoms with Crippen LogP contribution in [0.4, 0.5) is 0 Å². The number of nitrogens with two attached hydrogens (primary N) is 1. The molecule has 0 aliphatic carbocycles. The third-order valence-electron chi connectivity index (χ3n) is 2.88. The zero-order valence-corrected chi connectivity index (χ0v) is 12.4. The fourth-order valence-corrected chi connectivity index (χ4v) is 1.90. The minimum atomic E-state index is 0.363. The molecule has 0 saturated carbocycles. The van der Waals surface area contributed by atoms with Gasteiger partial charge in [-0.05, 0) is 18.7 Å². The highest BCUT2D eigenvalue weighted by Crippen LogP contribution is 2.17. The molecule has 4 nitrogen and oxygen atoms in total. The van der Waals surface area contributed by atoms with Crippen LogP contribution in [0.2, 0.25) is 0 Å². The predicted molar refractivity (Wildman–Crippen MR) is 81.8 cm³/mol. The third kappa shape index (κ3) is 5.55. The van der Waals surface area contributed by atoms with Crippen molar-refractivity contribution in [2.24, 2.45) is 5.73 Å². The van der Waals surface area contributed by atoms with Crippen molar-refractivity contribution >= 4 is 17.2 Å². The van der Waals surface area contributed by atoms with Crippen LogP contribution >= 0.6 is 12.2 Å². The maximum Gasteiger partial charge on any atom is 0.129 e. The van der Waals surface area contributed by atoms with Gasteiger partial charge in [-0.25, -0.2) is 0 Å². The molecule has 106 valence electrons. The monoisotopic (exact) mass is 282 g/mol. The number of benzene rings is 1. The van der Waals surface area contributed by atoms with E-state index >= 15 is 0 Å². The molecule has 0 aliphatic rings. The maximum atomic E-state index is 5.76. The number of para-hydroxylation sites is 1. The van der Waals surface area contributed by atoms with Crippen LogP contribution in [0, 0.1) is 0 Å². The van der Waals surface area contributed by atoms with E-state index in [9.17, 15) is 0 Å². The lowest BCUT2D eigenvalue weighted by atomic mass is 10.2. The zero-order chi connectivity index (χ0) is 14.1. The van der Waals surface area contributed by atoms with Gasteiger partial charge < -0.3 is 15.2 Å². The van der Waals surface area contributed by atoms with E-state index in [2.05, 4.69) is 11.8 Å². The predicted octanol–water partition coefficient (Wildman–Crippen LogP) is 1.67. The van der Waals surface area contributed by atoms with Crippen molar-refractivity contribution in [1.29, 1.82) is 0 Å². The lowest BCUT2D eigenvalue weighted by Crippen LogP contribution is -2.31. The summed E-state index contributed by atoms with van der Waals surface area (Å²) in [7, 11) is 1.71. The quantitative estimate of drug-likeness (QED) is 0.698. The van der Waals surface area contributed by atoms with Crippen molar-refractivity contribution < 1.29 is 9.47 Å². The Labute approximate surface area is 120 Å². The molecule has 1 aromatic rings. The van der Waals surface area contributed by atoms with Crippen LogP contribution < -0.4 is 10.5 Å². The number of ether oxygens (including phenoxy) is 2. The molecule has 1 aromatic carbocycles. The fourth-order valence-electron chi connectivity index (χ4n) is 1.73. The molecular weight excluding hydrogens is 260 g/mol. The van der Waals surface area contributed by atoms with Crippen molar-refractivity contribution in [3.8, 4) is 5.75 Å². The van der Waals surface area contributed by atoms with E-state index in [1.54, 1.807) is 7.11 Å². The second-order valence-electron chi connectivity index (χ2n) is 4.14. The summed E-state index contributed by atoms with van der Waals surface area (Å²) in [5.41, 5.74) is 6.45. The first-order valence-corrected chi connectivity index (χ1v) is 6.82. The second-order valence-corrected chi connectivity index (χ2v) is 4.58. The lowest BCUT2D eigenvalue weighted by Gasteiger charge is -2.20. The highest BCUT2D eigenvalue weighted by molar-refractivity contribution is 7.80. The van der Waals surface area contributed by atoms with Crippen LogP contribution in [0.25, 0.3) is 0 Å². The number of likely N-dealkylation sites (N-methyl/N-ethyl adjacent to an activating group) is 1. The standard InChI is InChI=1S/C14H22N2O2S/c1-3-16(8-10-17-2)9-11-18-13-7-5-4-6-12(13)14(15)19/h4-7H,3,8-11H2,1-2H3,(H2,15,19). The van der Waals surface area contributed by atoms with Gasteiger partial charge in [0.15, 0.2) is 0 Å². The van der Waals surface area contributed by atoms with Crippen LogP contribution in [-0.4, -0.2) is 49.8 Å². The van der Waals surface area contributed by atoms with E-state index < -0.39 is 0 Å². The Morgan fingerprint density at radius 3 is 2.58 bits per heavy atom. The summed E-state index contributed by atoms with van der Waals surface area (Å²) in [6.45, 7) is 6.20. The van der Waals surface area contributed by atoms with Crippen molar-refractivity contribution in [2.45, 2.75) is 6.92 Å². The van der Waals surface area contributed by atoms with Crippen molar-refractivity contribution in [3.63, 3.8) is 0 Å². The number of thiocarbonyl (C=S) groups is 1. The molecule has 1 rings (SSSR count). The van der Waals surface area contributed by atoms with Crippen molar-refractivity contribution in [3.05, 3.63) is 29.8 Å². The number of rotatable bonds is 9. The van der Waals surface area contributed by atoms with Crippen LogP contribution in [0.3, 0.4) is 0 Å². The number of nitrogens with zero attached hydrogens (tertiary/aromatic N) is 1. The Balaban J connectivity index is 2.46. The Bertz CT molecular complexity index is 399. The first kappa shape index (κ1) is 15.9. The Morgan fingerprint density at radius 1 is 1.26 bits per heavy atom. The van der Waals surface area contributed by atoms with E-state index in [0.29, 0.717) is 11.6 Å². The van der Waals surface area contributed by atoms with Gasteiger partial charge in [-0.3, -0.25) is 4.90 Å². The molecule has 0 spiro atoms. The van der Waals surface area contributed by atoms with Gasteiger partial charge in [-0.15, -0.1) is 0 Å². The minimum Gasteiger partial charge on any atom is -0.492 e. The largest absolute Gasteiger partial charge is 0.492 e. The summed E-state index contributed by atoms with van der Waals surface area (Å²) in [6.07, 6.45) is 0. The summed E-state index contributed by atoms with van der Waals surface area (Å²) >= 11 is 5.00. The molecule has 0 atom stereocenters. The maximum absolute atomic E-state index is 5.76. The molecule has 0 radical (unpaired) electrons. The molecule has 0 amide bonds. The second kappa shape index (κ2) is 8.85. The number of methoxy groups -OCH3 is 1. The summed E-state index contributed by atoms with van der Waals surface area (Å²) in [4.78, 5) is 2.63. The molecule has 0 bridgehead atoms. The lowest BCUT2D eigenvalue weighted by molar-refractivity contribution is 0.138. The Hall–Kier alpha value is -1.17. The molecule has 2 N–H and O–H groups in total. The van der Waals surface area contributed by atoms with Gasteiger partial charge in [0.05, 0.1) is 12.2 Å². The zero-order valence-electron chi connectivity index (χ0n) is 11.6. The van der Waals surface area contributed by atoms with Gasteiger partial charge in [0.25, 0.3) is 0 Å². The van der Waals surface area contributed by atoms with Gasteiger partial charge in [0.2, 0.25) is 0 Å². The van der Waals surface area contributed by atoms with E-state index in [4.69, 9.17) is 27.4 Å². The van der Waals surface area contributed by atoms with Crippen LogP contribution in [-0.2, 0) is 4.74 Å². The highest BCUT2D eigenvalue weighted by atomic mass is 32.1. The van der Waals surface area contributed by atoms with Crippen LogP contribution in [0.1, 0.15) is 12.5 Å². The summed E-state index contributed by atoms with van der Waals surface area (Å²) < 4.78 is 10.8. The Kier molecular flexibility index (Phi) is 7.40. The minimum absolute atomic E-state index is 0.363. The molecule has 0 aromatic heterocycles. The van der Waals surface area contributed by atoms with Gasteiger partial charge in [0, 0.05) is 20.2 Å². The normalized spacial score (nSPS) is 10.7. The molecule has 0 saturated heterocycles. The van der Waals surface area contributed by atoms with Gasteiger partial charge in [-0.1, -0.05) is 31.3 Å². The SMILES string of the molecule is CCN(CCOC)CCOc1ccccc1C(N)=S. The molecule has 0 unspecified atom stereocenters. The third-order valence-corrected chi connectivity index (χ3v) is 3.10. The molecular formula is C14H22N2O2S.